The van der Waals surface area contributed by atoms with Crippen LogP contribution in [0.3, 0.4) is 0 Å². The minimum Gasteiger partial charge on any atom is -0.466 e. The summed E-state index contributed by atoms with van der Waals surface area (Å²) in [5, 5.41) is 0.531. The first-order chi connectivity index (χ1) is 9.52. The molecule has 0 N–H and O–H groups in total. The first-order valence-corrected chi connectivity index (χ1v) is 6.89. The molecular formula is C15H15ClO4. The van der Waals surface area contributed by atoms with Crippen molar-refractivity contribution >= 4 is 29.1 Å². The minimum absolute atomic E-state index is 0.0861. The number of esters is 1. The number of hydrogen-bond donors (Lipinski definition) is 0. The third kappa shape index (κ3) is 3.07. The van der Waals surface area contributed by atoms with Crippen LogP contribution < -0.4 is 0 Å². The lowest BCUT2D eigenvalue weighted by atomic mass is 9.94. The smallest absolute Gasteiger partial charge is 0.309 e. The molecule has 5 heteroatoms. The van der Waals surface area contributed by atoms with E-state index in [-0.39, 0.29) is 31.0 Å². The van der Waals surface area contributed by atoms with Crippen LogP contribution >= 0.6 is 11.6 Å². The monoisotopic (exact) mass is 294 g/mol. The molecular weight excluding hydrogens is 280 g/mol. The van der Waals surface area contributed by atoms with Gasteiger partial charge in [0.1, 0.15) is 5.78 Å². The van der Waals surface area contributed by atoms with Gasteiger partial charge in [-0.3, -0.25) is 14.4 Å². The Balaban J connectivity index is 2.09. The highest BCUT2D eigenvalue weighted by Crippen LogP contribution is 2.31. The fourth-order valence-electron chi connectivity index (χ4n) is 2.39. The molecule has 0 amide bonds. The Morgan fingerprint density at radius 3 is 2.55 bits per heavy atom. The number of rotatable bonds is 4. The van der Waals surface area contributed by atoms with E-state index in [1.54, 1.807) is 31.2 Å². The van der Waals surface area contributed by atoms with E-state index in [1.165, 1.54) is 0 Å². The second kappa shape index (κ2) is 6.18. The summed E-state index contributed by atoms with van der Waals surface area (Å²) in [6, 6.07) is 6.40. The van der Waals surface area contributed by atoms with Gasteiger partial charge in [-0.15, -0.1) is 0 Å². The number of carbonyl (C=O) groups is 3. The van der Waals surface area contributed by atoms with Gasteiger partial charge in [-0.1, -0.05) is 11.6 Å². The highest BCUT2D eigenvalue weighted by molar-refractivity contribution is 6.30. The van der Waals surface area contributed by atoms with Gasteiger partial charge in [-0.05, 0) is 37.6 Å². The molecule has 0 heterocycles. The zero-order valence-corrected chi connectivity index (χ0v) is 11.9. The van der Waals surface area contributed by atoms with E-state index in [9.17, 15) is 14.4 Å². The number of ketones is 2. The minimum atomic E-state index is -0.745. The van der Waals surface area contributed by atoms with Crippen LogP contribution in [0.5, 0.6) is 0 Å². The zero-order valence-electron chi connectivity index (χ0n) is 11.1. The average molecular weight is 295 g/mol. The molecule has 1 aliphatic rings. The Kier molecular flexibility index (Phi) is 4.55. The molecule has 1 saturated carbocycles. The summed E-state index contributed by atoms with van der Waals surface area (Å²) in [7, 11) is 0. The average Bonchev–Trinajstić information content (AvgIpc) is 2.81. The second-order valence-corrected chi connectivity index (χ2v) is 5.22. The lowest BCUT2D eigenvalue weighted by Gasteiger charge is -2.09. The van der Waals surface area contributed by atoms with Gasteiger partial charge in [0.05, 0.1) is 18.4 Å². The molecule has 0 saturated heterocycles. The fourth-order valence-corrected chi connectivity index (χ4v) is 2.52. The van der Waals surface area contributed by atoms with Crippen LogP contribution in [0, 0.1) is 11.8 Å². The van der Waals surface area contributed by atoms with Gasteiger partial charge in [0.25, 0.3) is 0 Å². The number of ether oxygens (including phenoxy) is 1. The van der Waals surface area contributed by atoms with Crippen LogP contribution in [0.25, 0.3) is 0 Å². The van der Waals surface area contributed by atoms with E-state index >= 15 is 0 Å². The van der Waals surface area contributed by atoms with Gasteiger partial charge < -0.3 is 4.74 Å². The number of carbonyl (C=O) groups excluding carboxylic acids is 3. The van der Waals surface area contributed by atoms with Crippen molar-refractivity contribution < 1.29 is 19.1 Å². The normalized spacial score (nSPS) is 21.8. The number of halogens is 1. The third-order valence-corrected chi connectivity index (χ3v) is 3.67. The zero-order chi connectivity index (χ0) is 14.7. The number of benzene rings is 1. The maximum absolute atomic E-state index is 12.3. The third-order valence-electron chi connectivity index (χ3n) is 3.42. The Bertz CT molecular complexity index is 535. The predicted molar refractivity (Wildman–Crippen MR) is 73.6 cm³/mol. The van der Waals surface area contributed by atoms with Crippen molar-refractivity contribution in [2.75, 3.05) is 6.61 Å². The molecule has 1 aromatic carbocycles. The fraction of sp³-hybridized carbons (Fsp3) is 0.400. The molecule has 0 aliphatic heterocycles. The molecule has 0 bridgehead atoms. The Morgan fingerprint density at radius 2 is 1.95 bits per heavy atom. The second-order valence-electron chi connectivity index (χ2n) is 4.78. The summed E-state index contributed by atoms with van der Waals surface area (Å²) in [5.74, 6) is -2.08. The molecule has 1 fully saturated rings. The van der Waals surface area contributed by atoms with E-state index in [0.29, 0.717) is 10.6 Å². The quantitative estimate of drug-likeness (QED) is 0.487. The van der Waals surface area contributed by atoms with Crippen LogP contribution in [-0.4, -0.2) is 24.1 Å². The lowest BCUT2D eigenvalue weighted by Crippen LogP contribution is -2.19. The van der Waals surface area contributed by atoms with E-state index in [0.717, 1.165) is 0 Å². The molecule has 4 nitrogen and oxygen atoms in total. The predicted octanol–water partition coefficient (Wildman–Crippen LogP) is 2.68. The van der Waals surface area contributed by atoms with Crippen molar-refractivity contribution in [1.82, 2.24) is 0 Å². The van der Waals surface area contributed by atoms with E-state index in [4.69, 9.17) is 16.3 Å². The van der Waals surface area contributed by atoms with Crippen molar-refractivity contribution in [2.24, 2.45) is 11.8 Å². The van der Waals surface area contributed by atoms with Gasteiger partial charge in [-0.2, -0.15) is 0 Å². The molecule has 0 aromatic heterocycles. The largest absolute Gasteiger partial charge is 0.466 e. The Hall–Kier alpha value is -1.68. The summed E-state index contributed by atoms with van der Waals surface area (Å²) in [6.07, 6.45) is 0.321. The summed E-state index contributed by atoms with van der Waals surface area (Å²) < 4.78 is 4.90. The molecule has 0 spiro atoms. The number of hydrogen-bond acceptors (Lipinski definition) is 4. The van der Waals surface area contributed by atoms with Crippen molar-refractivity contribution in [2.45, 2.75) is 19.8 Å². The molecule has 2 unspecified atom stereocenters. The van der Waals surface area contributed by atoms with Crippen LogP contribution in [0.1, 0.15) is 30.1 Å². The van der Waals surface area contributed by atoms with Crippen LogP contribution in [0.4, 0.5) is 0 Å². The van der Waals surface area contributed by atoms with Crippen LogP contribution in [0.15, 0.2) is 24.3 Å². The molecule has 1 aliphatic carbocycles. The Morgan fingerprint density at radius 1 is 1.30 bits per heavy atom. The molecule has 106 valence electrons. The topological polar surface area (TPSA) is 60.4 Å². The first-order valence-electron chi connectivity index (χ1n) is 6.52. The van der Waals surface area contributed by atoms with Crippen LogP contribution in [-0.2, 0) is 14.3 Å². The molecule has 2 rings (SSSR count). The van der Waals surface area contributed by atoms with Gasteiger partial charge >= 0.3 is 5.97 Å². The highest BCUT2D eigenvalue weighted by atomic mass is 35.5. The number of Topliss-reactive ketones (excluding diaryl/α,β-unsaturated/α-hetero) is 2. The van der Waals surface area contributed by atoms with E-state index in [1.807, 2.05) is 0 Å². The van der Waals surface area contributed by atoms with E-state index < -0.39 is 17.8 Å². The lowest BCUT2D eigenvalue weighted by molar-refractivity contribution is -0.148. The SMILES string of the molecule is CCOC(=O)C1CC(=O)C(C(=O)c2ccc(Cl)cc2)C1. The van der Waals surface area contributed by atoms with Gasteiger partial charge in [-0.25, -0.2) is 0 Å². The molecule has 2 atom stereocenters. The standard InChI is InChI=1S/C15H15ClO4/c1-2-20-15(19)10-7-12(13(17)8-10)14(18)9-3-5-11(16)6-4-9/h3-6,10,12H,2,7-8H2,1H3. The molecule has 1 aromatic rings. The summed E-state index contributed by atoms with van der Waals surface area (Å²) in [5.41, 5.74) is 0.442. The van der Waals surface area contributed by atoms with Crippen LogP contribution in [0.2, 0.25) is 5.02 Å². The van der Waals surface area contributed by atoms with Crippen molar-refractivity contribution in [3.63, 3.8) is 0 Å². The summed E-state index contributed by atoms with van der Waals surface area (Å²) >= 11 is 5.76. The van der Waals surface area contributed by atoms with Gasteiger partial charge in [0, 0.05) is 17.0 Å². The maximum atomic E-state index is 12.3. The van der Waals surface area contributed by atoms with Crippen molar-refractivity contribution in [1.29, 1.82) is 0 Å². The molecule has 0 radical (unpaired) electrons. The molecule has 20 heavy (non-hydrogen) atoms. The van der Waals surface area contributed by atoms with Gasteiger partial charge in [0.2, 0.25) is 0 Å². The van der Waals surface area contributed by atoms with E-state index in [2.05, 4.69) is 0 Å². The highest BCUT2D eigenvalue weighted by Gasteiger charge is 2.41. The van der Waals surface area contributed by atoms with Crippen molar-refractivity contribution in [3.8, 4) is 0 Å². The first kappa shape index (κ1) is 14.7. The summed E-state index contributed by atoms with van der Waals surface area (Å²) in [6.45, 7) is 1.99. The maximum Gasteiger partial charge on any atom is 0.309 e. The summed E-state index contributed by atoms with van der Waals surface area (Å²) in [4.78, 5) is 35.8. The van der Waals surface area contributed by atoms with Gasteiger partial charge in [0.15, 0.2) is 5.78 Å². The van der Waals surface area contributed by atoms with Crippen molar-refractivity contribution in [3.05, 3.63) is 34.9 Å². The Labute approximate surface area is 122 Å².